The van der Waals surface area contributed by atoms with Crippen molar-refractivity contribution in [2.24, 2.45) is 0 Å². The summed E-state index contributed by atoms with van der Waals surface area (Å²) in [4.78, 5) is 14.0. The highest BCUT2D eigenvalue weighted by Crippen LogP contribution is 2.44. The topological polar surface area (TPSA) is 50.8 Å². The number of carbonyl (C=O) groups excluding carboxylic acids is 1. The van der Waals surface area contributed by atoms with E-state index >= 15 is 0 Å². The van der Waals surface area contributed by atoms with Gasteiger partial charge in [-0.15, -0.1) is 6.42 Å². The summed E-state index contributed by atoms with van der Waals surface area (Å²) in [6, 6.07) is 3.63. The SMILES string of the molecule is C#CCN1C(=O)C(C)(C)Nc2cc3c(cc21)OCO3. The lowest BCUT2D eigenvalue weighted by atomic mass is 9.98. The van der Waals surface area contributed by atoms with Gasteiger partial charge in [0.25, 0.3) is 5.91 Å². The molecule has 1 aromatic carbocycles. The van der Waals surface area contributed by atoms with Crippen molar-refractivity contribution in [3.8, 4) is 23.8 Å². The number of benzene rings is 1. The number of amides is 1. The molecule has 3 rings (SSSR count). The molecule has 5 nitrogen and oxygen atoms in total. The number of nitrogens with zero attached hydrogens (tertiary/aromatic N) is 1. The molecule has 2 aliphatic rings. The Morgan fingerprint density at radius 1 is 1.42 bits per heavy atom. The van der Waals surface area contributed by atoms with Crippen LogP contribution in [-0.2, 0) is 4.79 Å². The Morgan fingerprint density at radius 2 is 2.11 bits per heavy atom. The Hall–Kier alpha value is -2.35. The van der Waals surface area contributed by atoms with E-state index in [1.807, 2.05) is 19.9 Å². The van der Waals surface area contributed by atoms with E-state index in [9.17, 15) is 4.79 Å². The molecule has 0 bridgehead atoms. The summed E-state index contributed by atoms with van der Waals surface area (Å²) in [5.41, 5.74) is 0.855. The van der Waals surface area contributed by atoms with Crippen LogP contribution >= 0.6 is 0 Å². The molecule has 5 heteroatoms. The molecular weight excluding hydrogens is 244 g/mol. The molecule has 0 saturated heterocycles. The van der Waals surface area contributed by atoms with Crippen LogP contribution in [0.1, 0.15) is 13.8 Å². The monoisotopic (exact) mass is 258 g/mol. The van der Waals surface area contributed by atoms with Gasteiger partial charge in [-0.2, -0.15) is 0 Å². The van der Waals surface area contributed by atoms with Gasteiger partial charge >= 0.3 is 0 Å². The lowest BCUT2D eigenvalue weighted by molar-refractivity contribution is -0.122. The summed E-state index contributed by atoms with van der Waals surface area (Å²) in [6.45, 7) is 4.08. The maximum Gasteiger partial charge on any atom is 0.252 e. The summed E-state index contributed by atoms with van der Waals surface area (Å²) in [6.07, 6.45) is 5.36. The minimum Gasteiger partial charge on any atom is -0.454 e. The summed E-state index contributed by atoms with van der Waals surface area (Å²) >= 11 is 0. The third-order valence-corrected chi connectivity index (χ3v) is 3.26. The van der Waals surface area contributed by atoms with Crippen LogP contribution in [0.3, 0.4) is 0 Å². The van der Waals surface area contributed by atoms with Crippen LogP contribution in [-0.4, -0.2) is 24.8 Å². The van der Waals surface area contributed by atoms with Crippen molar-refractivity contribution in [2.75, 3.05) is 23.6 Å². The van der Waals surface area contributed by atoms with Crippen molar-refractivity contribution in [3.63, 3.8) is 0 Å². The maximum atomic E-state index is 12.4. The molecule has 0 aliphatic carbocycles. The second-order valence-electron chi connectivity index (χ2n) is 5.07. The highest BCUT2D eigenvalue weighted by atomic mass is 16.7. The normalized spacial score (nSPS) is 18.6. The van der Waals surface area contributed by atoms with Crippen LogP contribution in [0, 0.1) is 12.3 Å². The number of hydrogen-bond donors (Lipinski definition) is 1. The molecule has 1 aromatic rings. The zero-order valence-corrected chi connectivity index (χ0v) is 10.8. The number of hydrogen-bond acceptors (Lipinski definition) is 4. The second kappa shape index (κ2) is 3.82. The average molecular weight is 258 g/mol. The van der Waals surface area contributed by atoms with Crippen LogP contribution in [0.2, 0.25) is 0 Å². The summed E-state index contributed by atoms with van der Waals surface area (Å²) in [5.74, 6) is 3.77. The van der Waals surface area contributed by atoms with E-state index in [2.05, 4.69) is 11.2 Å². The van der Waals surface area contributed by atoms with E-state index in [1.165, 1.54) is 0 Å². The molecule has 0 radical (unpaired) electrons. The molecule has 1 amide bonds. The van der Waals surface area contributed by atoms with Crippen LogP contribution in [0.4, 0.5) is 11.4 Å². The van der Waals surface area contributed by atoms with E-state index < -0.39 is 5.54 Å². The van der Waals surface area contributed by atoms with Crippen LogP contribution in [0.5, 0.6) is 11.5 Å². The van der Waals surface area contributed by atoms with Gasteiger partial charge in [0.1, 0.15) is 5.54 Å². The zero-order valence-electron chi connectivity index (χ0n) is 10.8. The Bertz CT molecular complexity index is 601. The fourth-order valence-corrected chi connectivity index (χ4v) is 2.34. The van der Waals surface area contributed by atoms with Crippen molar-refractivity contribution < 1.29 is 14.3 Å². The zero-order chi connectivity index (χ0) is 13.6. The third kappa shape index (κ3) is 1.68. The smallest absolute Gasteiger partial charge is 0.252 e. The van der Waals surface area contributed by atoms with Gasteiger partial charge in [-0.3, -0.25) is 9.69 Å². The Morgan fingerprint density at radius 3 is 2.79 bits per heavy atom. The number of carbonyl (C=O) groups is 1. The van der Waals surface area contributed by atoms with E-state index in [-0.39, 0.29) is 19.2 Å². The molecule has 0 fully saturated rings. The maximum absolute atomic E-state index is 12.4. The van der Waals surface area contributed by atoms with Crippen molar-refractivity contribution in [3.05, 3.63) is 12.1 Å². The van der Waals surface area contributed by atoms with Crippen LogP contribution in [0.15, 0.2) is 12.1 Å². The fourth-order valence-electron chi connectivity index (χ4n) is 2.34. The van der Waals surface area contributed by atoms with Gasteiger partial charge in [-0.05, 0) is 13.8 Å². The highest BCUT2D eigenvalue weighted by Gasteiger charge is 2.39. The quantitative estimate of drug-likeness (QED) is 0.777. The van der Waals surface area contributed by atoms with Crippen LogP contribution in [0.25, 0.3) is 0 Å². The minimum atomic E-state index is -0.697. The number of ether oxygens (including phenoxy) is 2. The number of terminal acetylenes is 1. The number of anilines is 2. The van der Waals surface area contributed by atoms with Gasteiger partial charge < -0.3 is 14.8 Å². The molecule has 2 heterocycles. The summed E-state index contributed by atoms with van der Waals surface area (Å²) in [5, 5.41) is 3.21. The highest BCUT2D eigenvalue weighted by molar-refractivity contribution is 6.08. The van der Waals surface area contributed by atoms with Gasteiger partial charge in [0, 0.05) is 12.1 Å². The predicted molar refractivity (Wildman–Crippen MR) is 71.5 cm³/mol. The first kappa shape index (κ1) is 11.7. The van der Waals surface area contributed by atoms with E-state index in [4.69, 9.17) is 15.9 Å². The lowest BCUT2D eigenvalue weighted by Gasteiger charge is -2.39. The molecule has 0 unspecified atom stereocenters. The molecule has 1 N–H and O–H groups in total. The minimum absolute atomic E-state index is 0.0585. The Labute approximate surface area is 111 Å². The van der Waals surface area contributed by atoms with Crippen LogP contribution < -0.4 is 19.7 Å². The Kier molecular flexibility index (Phi) is 2.36. The first-order chi connectivity index (χ1) is 9.03. The summed E-state index contributed by atoms with van der Waals surface area (Å²) < 4.78 is 10.7. The number of rotatable bonds is 1. The molecule has 0 atom stereocenters. The van der Waals surface area contributed by atoms with Crippen molar-refractivity contribution in [1.29, 1.82) is 0 Å². The average Bonchev–Trinajstić information content (AvgIpc) is 2.79. The van der Waals surface area contributed by atoms with Gasteiger partial charge in [0.05, 0.1) is 17.9 Å². The van der Waals surface area contributed by atoms with Crippen molar-refractivity contribution in [1.82, 2.24) is 0 Å². The lowest BCUT2D eigenvalue weighted by Crippen LogP contribution is -2.54. The molecule has 0 aromatic heterocycles. The van der Waals surface area contributed by atoms with Crippen molar-refractivity contribution in [2.45, 2.75) is 19.4 Å². The van der Waals surface area contributed by atoms with Gasteiger partial charge in [0.15, 0.2) is 11.5 Å². The third-order valence-electron chi connectivity index (χ3n) is 3.26. The molecule has 98 valence electrons. The van der Waals surface area contributed by atoms with Gasteiger partial charge in [0.2, 0.25) is 6.79 Å². The fraction of sp³-hybridized carbons (Fsp3) is 0.357. The van der Waals surface area contributed by atoms with Gasteiger partial charge in [-0.1, -0.05) is 5.92 Å². The van der Waals surface area contributed by atoms with E-state index in [0.29, 0.717) is 11.5 Å². The first-order valence-electron chi connectivity index (χ1n) is 6.00. The molecule has 2 aliphatic heterocycles. The largest absolute Gasteiger partial charge is 0.454 e. The van der Waals surface area contributed by atoms with Gasteiger partial charge in [-0.25, -0.2) is 0 Å². The summed E-state index contributed by atoms with van der Waals surface area (Å²) in [7, 11) is 0. The number of fused-ring (bicyclic) bond motifs is 2. The standard InChI is InChI=1S/C14H14N2O3/c1-4-5-16-10-7-12-11(18-8-19-12)6-9(10)15-14(2,3)13(16)17/h1,6-7,15H,5,8H2,2-3H3. The Balaban J connectivity index is 2.14. The molecule has 0 saturated carbocycles. The van der Waals surface area contributed by atoms with E-state index in [1.54, 1.807) is 11.0 Å². The molecule has 19 heavy (non-hydrogen) atoms. The predicted octanol–water partition coefficient (Wildman–Crippen LogP) is 1.59. The van der Waals surface area contributed by atoms with E-state index in [0.717, 1.165) is 11.4 Å². The number of nitrogens with one attached hydrogen (secondary N) is 1. The van der Waals surface area contributed by atoms with Crippen molar-refractivity contribution >= 4 is 17.3 Å². The first-order valence-corrected chi connectivity index (χ1v) is 6.00. The molecule has 0 spiro atoms. The molecular formula is C14H14N2O3. The second-order valence-corrected chi connectivity index (χ2v) is 5.07.